The van der Waals surface area contributed by atoms with Gasteiger partial charge in [-0.3, -0.25) is 9.36 Å². The van der Waals surface area contributed by atoms with Crippen LogP contribution in [-0.4, -0.2) is 17.0 Å². The molecule has 0 radical (unpaired) electrons. The molecule has 0 fully saturated rings. The SMILES string of the molecule is Cl.O=C(CCn1c(=O)oc2cc(Cl)ccc21)Nc1ccc2c(c1F)CCNC2. The molecule has 0 aliphatic carbocycles. The predicted octanol–water partition coefficient (Wildman–Crippen LogP) is 3.48. The number of amides is 1. The Kier molecular flexibility index (Phi) is 6.07. The van der Waals surface area contributed by atoms with E-state index in [0.29, 0.717) is 41.2 Å². The van der Waals surface area contributed by atoms with Crippen molar-refractivity contribution < 1.29 is 13.6 Å². The van der Waals surface area contributed by atoms with E-state index in [0.717, 1.165) is 5.56 Å². The van der Waals surface area contributed by atoms with E-state index in [1.165, 1.54) is 4.57 Å². The number of halogens is 3. The van der Waals surface area contributed by atoms with Gasteiger partial charge in [0.25, 0.3) is 0 Å². The highest BCUT2D eigenvalue weighted by molar-refractivity contribution is 6.31. The smallest absolute Gasteiger partial charge is 0.408 e. The number of aromatic nitrogens is 1. The molecule has 1 aliphatic rings. The first-order chi connectivity index (χ1) is 13.0. The highest BCUT2D eigenvalue weighted by atomic mass is 35.5. The number of carbonyl (C=O) groups is 1. The molecule has 0 saturated carbocycles. The highest BCUT2D eigenvalue weighted by Crippen LogP contribution is 2.25. The monoisotopic (exact) mass is 425 g/mol. The minimum atomic E-state index is -0.562. The second-order valence-electron chi connectivity index (χ2n) is 6.42. The van der Waals surface area contributed by atoms with Crippen LogP contribution in [0.2, 0.25) is 5.02 Å². The van der Waals surface area contributed by atoms with Crippen molar-refractivity contribution in [3.05, 3.63) is 62.8 Å². The molecule has 0 saturated heterocycles. The average molecular weight is 426 g/mol. The van der Waals surface area contributed by atoms with Crippen LogP contribution in [0.3, 0.4) is 0 Å². The van der Waals surface area contributed by atoms with E-state index in [4.69, 9.17) is 16.0 Å². The summed E-state index contributed by atoms with van der Waals surface area (Å²) in [5.74, 6) is -1.33. The fraction of sp³-hybridized carbons (Fsp3) is 0.263. The molecule has 2 heterocycles. The first-order valence-electron chi connectivity index (χ1n) is 8.62. The molecule has 0 unspecified atom stereocenters. The maximum Gasteiger partial charge on any atom is 0.419 e. The topological polar surface area (TPSA) is 76.3 Å². The van der Waals surface area contributed by atoms with Crippen LogP contribution in [0.25, 0.3) is 11.1 Å². The minimum Gasteiger partial charge on any atom is -0.408 e. The second-order valence-corrected chi connectivity index (χ2v) is 6.86. The third-order valence-electron chi connectivity index (χ3n) is 4.67. The maximum absolute atomic E-state index is 14.6. The molecule has 9 heteroatoms. The van der Waals surface area contributed by atoms with Crippen molar-refractivity contribution in [2.45, 2.75) is 25.9 Å². The van der Waals surface area contributed by atoms with Crippen LogP contribution in [0.5, 0.6) is 0 Å². The van der Waals surface area contributed by atoms with Crippen LogP contribution < -0.4 is 16.4 Å². The van der Waals surface area contributed by atoms with E-state index in [1.807, 2.05) is 6.07 Å². The van der Waals surface area contributed by atoms with Gasteiger partial charge in [-0.25, -0.2) is 9.18 Å². The quantitative estimate of drug-likeness (QED) is 0.670. The Hall–Kier alpha value is -2.35. The van der Waals surface area contributed by atoms with Gasteiger partial charge in [0.1, 0.15) is 5.82 Å². The van der Waals surface area contributed by atoms with Crippen LogP contribution >= 0.6 is 24.0 Å². The van der Waals surface area contributed by atoms with Crippen LogP contribution in [0.4, 0.5) is 10.1 Å². The number of oxazole rings is 1. The molecule has 28 heavy (non-hydrogen) atoms. The van der Waals surface area contributed by atoms with Crippen molar-refractivity contribution in [3.63, 3.8) is 0 Å². The van der Waals surface area contributed by atoms with Crippen molar-refractivity contribution >= 4 is 46.7 Å². The van der Waals surface area contributed by atoms with Gasteiger partial charge in [-0.1, -0.05) is 17.7 Å². The van der Waals surface area contributed by atoms with Gasteiger partial charge in [0.2, 0.25) is 5.91 Å². The van der Waals surface area contributed by atoms with Crippen LogP contribution in [0.15, 0.2) is 39.5 Å². The number of rotatable bonds is 4. The fourth-order valence-electron chi connectivity index (χ4n) is 3.31. The van der Waals surface area contributed by atoms with Crippen molar-refractivity contribution in [1.29, 1.82) is 0 Å². The fourth-order valence-corrected chi connectivity index (χ4v) is 3.47. The van der Waals surface area contributed by atoms with Crippen molar-refractivity contribution in [1.82, 2.24) is 9.88 Å². The number of nitrogens with zero attached hydrogens (tertiary/aromatic N) is 1. The Morgan fingerprint density at radius 3 is 2.96 bits per heavy atom. The van der Waals surface area contributed by atoms with Crippen LogP contribution in [-0.2, 0) is 24.3 Å². The summed E-state index contributed by atoms with van der Waals surface area (Å²) in [6.07, 6.45) is 0.596. The largest absolute Gasteiger partial charge is 0.419 e. The van der Waals surface area contributed by atoms with E-state index in [9.17, 15) is 14.0 Å². The lowest BCUT2D eigenvalue weighted by molar-refractivity contribution is -0.116. The zero-order chi connectivity index (χ0) is 19.0. The molecule has 2 N–H and O–H groups in total. The van der Waals surface area contributed by atoms with Gasteiger partial charge < -0.3 is 15.1 Å². The molecule has 0 bridgehead atoms. The Bertz CT molecular complexity index is 1090. The highest BCUT2D eigenvalue weighted by Gasteiger charge is 2.18. The third kappa shape index (κ3) is 3.92. The number of benzene rings is 2. The molecule has 3 aromatic rings. The molecular weight excluding hydrogens is 408 g/mol. The van der Waals surface area contributed by atoms with Crippen molar-refractivity contribution in [2.24, 2.45) is 0 Å². The van der Waals surface area contributed by atoms with E-state index in [-0.39, 0.29) is 42.8 Å². The zero-order valence-corrected chi connectivity index (χ0v) is 16.3. The molecule has 0 atom stereocenters. The summed E-state index contributed by atoms with van der Waals surface area (Å²) in [5.41, 5.74) is 2.64. The molecule has 148 valence electrons. The van der Waals surface area contributed by atoms with E-state index in [1.54, 1.807) is 24.3 Å². The summed E-state index contributed by atoms with van der Waals surface area (Å²) in [6.45, 7) is 1.46. The number of anilines is 1. The summed E-state index contributed by atoms with van der Waals surface area (Å²) in [5, 5.41) is 6.24. The summed E-state index contributed by atoms with van der Waals surface area (Å²) in [7, 11) is 0. The third-order valence-corrected chi connectivity index (χ3v) is 4.91. The molecule has 2 aromatic carbocycles. The lowest BCUT2D eigenvalue weighted by Crippen LogP contribution is -2.25. The number of aryl methyl sites for hydroxylation is 1. The number of fused-ring (bicyclic) bond motifs is 2. The number of carbonyl (C=O) groups excluding carboxylic acids is 1. The van der Waals surface area contributed by atoms with E-state index in [2.05, 4.69) is 10.6 Å². The number of nitrogens with one attached hydrogen (secondary N) is 2. The lowest BCUT2D eigenvalue weighted by atomic mass is 9.99. The Morgan fingerprint density at radius 1 is 1.32 bits per heavy atom. The first-order valence-corrected chi connectivity index (χ1v) is 9.00. The molecule has 0 spiro atoms. The maximum atomic E-state index is 14.6. The molecular formula is C19H18Cl2FN3O3. The Balaban J connectivity index is 0.00000225. The van der Waals surface area contributed by atoms with Gasteiger partial charge in [0.15, 0.2) is 5.58 Å². The standard InChI is InChI=1S/C19H17ClFN3O3.ClH/c20-12-2-4-15-16(9-12)27-19(26)24(15)8-6-17(25)23-14-3-1-11-10-22-7-5-13(11)18(14)21;/h1-4,9,22H,5-8,10H2,(H,23,25);1H. The van der Waals surface area contributed by atoms with E-state index < -0.39 is 5.76 Å². The molecule has 6 nitrogen and oxygen atoms in total. The van der Waals surface area contributed by atoms with Crippen molar-refractivity contribution in [2.75, 3.05) is 11.9 Å². The Labute approximate surface area is 171 Å². The lowest BCUT2D eigenvalue weighted by Gasteiger charge is -2.19. The van der Waals surface area contributed by atoms with Gasteiger partial charge in [0.05, 0.1) is 11.2 Å². The predicted molar refractivity (Wildman–Crippen MR) is 108 cm³/mol. The number of hydrogen-bond donors (Lipinski definition) is 2. The number of hydrogen-bond acceptors (Lipinski definition) is 4. The molecule has 4 rings (SSSR count). The average Bonchev–Trinajstić information content (AvgIpc) is 2.96. The minimum absolute atomic E-state index is 0. The second kappa shape index (κ2) is 8.34. The van der Waals surface area contributed by atoms with Gasteiger partial charge >= 0.3 is 5.76 Å². The van der Waals surface area contributed by atoms with Crippen molar-refractivity contribution in [3.8, 4) is 0 Å². The molecule has 1 aromatic heterocycles. The normalized spacial score (nSPS) is 13.1. The first kappa shape index (κ1) is 20.4. The van der Waals surface area contributed by atoms with E-state index >= 15 is 0 Å². The van der Waals surface area contributed by atoms with Crippen LogP contribution in [0, 0.1) is 5.82 Å². The zero-order valence-electron chi connectivity index (χ0n) is 14.8. The summed E-state index contributed by atoms with van der Waals surface area (Å²) in [6, 6.07) is 8.25. The van der Waals surface area contributed by atoms with Gasteiger partial charge in [-0.15, -0.1) is 12.4 Å². The molecule has 1 amide bonds. The van der Waals surface area contributed by atoms with Gasteiger partial charge in [-0.05, 0) is 42.3 Å². The summed E-state index contributed by atoms with van der Waals surface area (Å²) < 4.78 is 21.1. The summed E-state index contributed by atoms with van der Waals surface area (Å²) in [4.78, 5) is 24.3. The summed E-state index contributed by atoms with van der Waals surface area (Å²) >= 11 is 5.89. The van der Waals surface area contributed by atoms with Crippen LogP contribution in [0.1, 0.15) is 17.5 Å². The molecule has 1 aliphatic heterocycles. The van der Waals surface area contributed by atoms with Gasteiger partial charge in [-0.2, -0.15) is 0 Å². The Morgan fingerprint density at radius 2 is 2.14 bits per heavy atom. The van der Waals surface area contributed by atoms with Gasteiger partial charge in [0, 0.05) is 30.6 Å².